The Morgan fingerprint density at radius 2 is 0.958 bits per heavy atom. The van der Waals surface area contributed by atoms with Gasteiger partial charge in [-0.2, -0.15) is 0 Å². The summed E-state index contributed by atoms with van der Waals surface area (Å²) in [6.07, 6.45) is 26.2. The van der Waals surface area contributed by atoms with E-state index in [2.05, 4.69) is 40.2 Å². The van der Waals surface area contributed by atoms with E-state index in [4.69, 9.17) is 0 Å². The summed E-state index contributed by atoms with van der Waals surface area (Å²) in [5.41, 5.74) is 0. The molecule has 0 spiro atoms. The zero-order valence-electron chi connectivity index (χ0n) is 17.3. The van der Waals surface area contributed by atoms with E-state index in [0.29, 0.717) is 0 Å². The molecule has 0 fully saturated rings. The Bertz CT molecular complexity index is 261. The summed E-state index contributed by atoms with van der Waals surface area (Å²) in [5, 5.41) is 0. The van der Waals surface area contributed by atoms with Crippen LogP contribution in [-0.4, -0.2) is 25.1 Å². The van der Waals surface area contributed by atoms with Gasteiger partial charge in [-0.3, -0.25) is 0 Å². The highest BCUT2D eigenvalue weighted by Crippen LogP contribution is 2.13. The molecular weight excluding hydrogens is 314 g/mol. The standard InChI is InChI=1S/C22H46N.ClH/c1-5-7-8-9-10-11-12-13-14-15-16-17-18-19-20-21-22-23(3,4)6-2;/h21-22H,5-20H2,1-4H3;1H/q+1;/p-1/b22-21+;. The number of rotatable bonds is 17. The van der Waals surface area contributed by atoms with Crippen molar-refractivity contribution < 1.29 is 16.9 Å². The summed E-state index contributed by atoms with van der Waals surface area (Å²) in [5.74, 6) is 0. The van der Waals surface area contributed by atoms with E-state index in [1.807, 2.05) is 0 Å². The van der Waals surface area contributed by atoms with Gasteiger partial charge < -0.3 is 16.9 Å². The van der Waals surface area contributed by atoms with Crippen molar-refractivity contribution >= 4 is 0 Å². The van der Waals surface area contributed by atoms with Crippen LogP contribution in [-0.2, 0) is 0 Å². The molecule has 0 amide bonds. The number of allylic oxidation sites excluding steroid dienone is 1. The Labute approximate surface area is 160 Å². The zero-order chi connectivity index (χ0) is 17.2. The van der Waals surface area contributed by atoms with Gasteiger partial charge in [-0.15, -0.1) is 0 Å². The normalized spacial score (nSPS) is 11.8. The van der Waals surface area contributed by atoms with Gasteiger partial charge >= 0.3 is 0 Å². The van der Waals surface area contributed by atoms with Crippen molar-refractivity contribution in [1.82, 2.24) is 0 Å². The van der Waals surface area contributed by atoms with Crippen molar-refractivity contribution in [2.75, 3.05) is 20.6 Å². The summed E-state index contributed by atoms with van der Waals surface area (Å²) in [7, 11) is 4.53. The van der Waals surface area contributed by atoms with Crippen LogP contribution < -0.4 is 12.4 Å². The van der Waals surface area contributed by atoms with Gasteiger partial charge in [-0.1, -0.05) is 90.4 Å². The molecule has 0 saturated heterocycles. The number of halogens is 1. The topological polar surface area (TPSA) is 0 Å². The first-order chi connectivity index (χ1) is 11.1. The first-order valence-corrected chi connectivity index (χ1v) is 10.6. The Morgan fingerprint density at radius 3 is 1.33 bits per heavy atom. The Morgan fingerprint density at radius 1 is 0.583 bits per heavy atom. The average Bonchev–Trinajstić information content (AvgIpc) is 2.54. The monoisotopic (exact) mass is 359 g/mol. The number of nitrogens with zero attached hydrogens (tertiary/aromatic N) is 1. The number of hydrogen-bond acceptors (Lipinski definition) is 0. The maximum Gasteiger partial charge on any atom is 0.0913 e. The Balaban J connectivity index is 0. The van der Waals surface area contributed by atoms with Crippen molar-refractivity contribution in [1.29, 1.82) is 0 Å². The molecule has 1 nitrogen and oxygen atoms in total. The molecule has 0 aliphatic rings. The van der Waals surface area contributed by atoms with Crippen molar-refractivity contribution in [3.63, 3.8) is 0 Å². The smallest absolute Gasteiger partial charge is 0.0913 e. The van der Waals surface area contributed by atoms with Crippen molar-refractivity contribution in [3.05, 3.63) is 12.3 Å². The molecule has 0 atom stereocenters. The lowest BCUT2D eigenvalue weighted by atomic mass is 10.0. The van der Waals surface area contributed by atoms with E-state index in [9.17, 15) is 0 Å². The summed E-state index contributed by atoms with van der Waals surface area (Å²) < 4.78 is 1.01. The lowest BCUT2D eigenvalue weighted by molar-refractivity contribution is -0.836. The van der Waals surface area contributed by atoms with Crippen LogP contribution in [0.25, 0.3) is 0 Å². The molecule has 0 unspecified atom stereocenters. The van der Waals surface area contributed by atoms with Gasteiger partial charge in [0.05, 0.1) is 26.8 Å². The lowest BCUT2D eigenvalue weighted by Gasteiger charge is -2.22. The SMILES string of the molecule is CCCCCCCCCCCCCCCC/C=C/[N+](C)(C)CC.[Cl-]. The van der Waals surface area contributed by atoms with E-state index in [0.717, 1.165) is 4.48 Å². The molecule has 0 rings (SSSR count). The van der Waals surface area contributed by atoms with Crippen LogP contribution in [0.2, 0.25) is 0 Å². The Kier molecular flexibility index (Phi) is 21.1. The molecule has 0 aromatic heterocycles. The van der Waals surface area contributed by atoms with Gasteiger partial charge in [-0.25, -0.2) is 0 Å². The number of quaternary nitrogens is 1. The van der Waals surface area contributed by atoms with Gasteiger partial charge in [0.25, 0.3) is 0 Å². The zero-order valence-corrected chi connectivity index (χ0v) is 18.0. The van der Waals surface area contributed by atoms with Crippen LogP contribution >= 0.6 is 0 Å². The maximum absolute atomic E-state index is 2.38. The van der Waals surface area contributed by atoms with Gasteiger partial charge in [0, 0.05) is 0 Å². The molecule has 0 bridgehead atoms. The van der Waals surface area contributed by atoms with Crippen LogP contribution in [0.1, 0.15) is 110 Å². The van der Waals surface area contributed by atoms with Crippen LogP contribution in [0.3, 0.4) is 0 Å². The fourth-order valence-electron chi connectivity index (χ4n) is 2.92. The minimum atomic E-state index is 0. The van der Waals surface area contributed by atoms with Crippen LogP contribution in [0, 0.1) is 0 Å². The summed E-state index contributed by atoms with van der Waals surface area (Å²) in [6, 6.07) is 0. The van der Waals surface area contributed by atoms with E-state index in [1.54, 1.807) is 0 Å². The second-order valence-corrected chi connectivity index (χ2v) is 7.86. The predicted octanol–water partition coefficient (Wildman–Crippen LogP) is 4.47. The molecule has 146 valence electrons. The molecular formula is C22H46ClN. The number of unbranched alkanes of at least 4 members (excludes halogenated alkanes) is 14. The molecule has 0 aliphatic heterocycles. The first kappa shape index (κ1) is 26.2. The summed E-state index contributed by atoms with van der Waals surface area (Å²) in [4.78, 5) is 0. The van der Waals surface area contributed by atoms with Gasteiger partial charge in [0.15, 0.2) is 0 Å². The van der Waals surface area contributed by atoms with Crippen molar-refractivity contribution in [2.45, 2.75) is 110 Å². The minimum absolute atomic E-state index is 0. The highest BCUT2D eigenvalue weighted by atomic mass is 35.5. The van der Waals surface area contributed by atoms with E-state index in [-0.39, 0.29) is 12.4 Å². The third kappa shape index (κ3) is 20.0. The molecule has 0 saturated carbocycles. The average molecular weight is 360 g/mol. The fraction of sp³-hybridized carbons (Fsp3) is 0.909. The van der Waals surface area contributed by atoms with Gasteiger partial charge in [0.1, 0.15) is 0 Å². The molecule has 0 heterocycles. The van der Waals surface area contributed by atoms with Crippen LogP contribution in [0.5, 0.6) is 0 Å². The quantitative estimate of drug-likeness (QED) is 0.265. The largest absolute Gasteiger partial charge is 1.00 e. The van der Waals surface area contributed by atoms with Crippen molar-refractivity contribution in [3.8, 4) is 0 Å². The molecule has 24 heavy (non-hydrogen) atoms. The summed E-state index contributed by atoms with van der Waals surface area (Å²) in [6.45, 7) is 5.72. The maximum atomic E-state index is 2.38. The Hall–Kier alpha value is -0.0100. The molecule has 0 radical (unpaired) electrons. The fourth-order valence-corrected chi connectivity index (χ4v) is 2.92. The molecule has 0 aromatic carbocycles. The molecule has 2 heteroatoms. The number of hydrogen-bond donors (Lipinski definition) is 0. The van der Waals surface area contributed by atoms with Gasteiger partial charge in [-0.05, 0) is 25.8 Å². The van der Waals surface area contributed by atoms with E-state index in [1.165, 1.54) is 103 Å². The van der Waals surface area contributed by atoms with E-state index >= 15 is 0 Å². The third-order valence-corrected chi connectivity index (χ3v) is 5.05. The highest BCUT2D eigenvalue weighted by molar-refractivity contribution is 4.73. The molecule has 0 aliphatic carbocycles. The lowest BCUT2D eigenvalue weighted by Crippen LogP contribution is -3.00. The first-order valence-electron chi connectivity index (χ1n) is 10.6. The van der Waals surface area contributed by atoms with Gasteiger partial charge in [0.2, 0.25) is 0 Å². The minimum Gasteiger partial charge on any atom is -1.00 e. The molecule has 0 aromatic rings. The van der Waals surface area contributed by atoms with E-state index < -0.39 is 0 Å². The predicted molar refractivity (Wildman–Crippen MR) is 107 cm³/mol. The van der Waals surface area contributed by atoms with Crippen LogP contribution in [0.4, 0.5) is 0 Å². The molecule has 0 N–H and O–H groups in total. The summed E-state index contributed by atoms with van der Waals surface area (Å²) >= 11 is 0. The second-order valence-electron chi connectivity index (χ2n) is 7.86. The second kappa shape index (κ2) is 19.3. The highest BCUT2D eigenvalue weighted by Gasteiger charge is 2.04. The van der Waals surface area contributed by atoms with Crippen molar-refractivity contribution in [2.24, 2.45) is 0 Å². The van der Waals surface area contributed by atoms with Crippen LogP contribution in [0.15, 0.2) is 12.3 Å². The third-order valence-electron chi connectivity index (χ3n) is 5.05.